The van der Waals surface area contributed by atoms with Gasteiger partial charge in [-0.15, -0.1) is 11.3 Å². The number of nitrogens with zero attached hydrogens (tertiary/aromatic N) is 2. The van der Waals surface area contributed by atoms with E-state index in [0.29, 0.717) is 18.8 Å². The van der Waals surface area contributed by atoms with E-state index in [0.717, 1.165) is 49.4 Å². The molecule has 0 radical (unpaired) electrons. The molecule has 7 nitrogen and oxygen atoms in total. The summed E-state index contributed by atoms with van der Waals surface area (Å²) < 4.78 is 16.0. The first-order valence-corrected chi connectivity index (χ1v) is 9.42. The fraction of sp³-hybridized carbons (Fsp3) is 0.444. The van der Waals surface area contributed by atoms with Gasteiger partial charge >= 0.3 is 0 Å². The molecule has 2 heterocycles. The third-order valence-electron chi connectivity index (χ3n) is 3.96. The number of thiazole rings is 1. The maximum Gasteiger partial charge on any atom is 0.270 e. The molecule has 1 aromatic carbocycles. The minimum Gasteiger partial charge on any atom is -0.497 e. The molecule has 1 aliphatic heterocycles. The Balaban J connectivity index is 1.39. The molecule has 1 saturated heterocycles. The highest BCUT2D eigenvalue weighted by atomic mass is 32.1. The zero-order chi connectivity index (χ0) is 18.2. The Morgan fingerprint density at radius 3 is 2.73 bits per heavy atom. The number of methoxy groups -OCH3 is 1. The number of aromatic nitrogens is 1. The number of carbonyl (C=O) groups is 1. The highest BCUT2D eigenvalue weighted by Gasteiger charge is 2.15. The lowest BCUT2D eigenvalue weighted by atomic mass is 10.3. The number of ether oxygens (including phenoxy) is 3. The van der Waals surface area contributed by atoms with Gasteiger partial charge in [-0.1, -0.05) is 0 Å². The summed E-state index contributed by atoms with van der Waals surface area (Å²) in [5.74, 6) is 1.34. The zero-order valence-electron chi connectivity index (χ0n) is 14.8. The standard InChI is InChI=1S/C18H23N3O4S/c1-23-14-2-4-15(5-3-14)25-9-6-19-18(22)16-13-26-17(20-16)12-21-7-10-24-11-8-21/h2-5,13H,6-12H2,1H3,(H,19,22). The number of carbonyl (C=O) groups excluding carboxylic acids is 1. The van der Waals surface area contributed by atoms with Crippen molar-refractivity contribution < 1.29 is 19.0 Å². The van der Waals surface area contributed by atoms with Gasteiger partial charge in [0.1, 0.15) is 28.8 Å². The Labute approximate surface area is 156 Å². The Morgan fingerprint density at radius 2 is 2.00 bits per heavy atom. The number of hydrogen-bond acceptors (Lipinski definition) is 7. The molecule has 0 saturated carbocycles. The molecule has 8 heteroatoms. The number of amides is 1. The van der Waals surface area contributed by atoms with Gasteiger partial charge in [0, 0.05) is 18.5 Å². The monoisotopic (exact) mass is 377 g/mol. The van der Waals surface area contributed by atoms with Crippen LogP contribution < -0.4 is 14.8 Å². The van der Waals surface area contributed by atoms with Gasteiger partial charge in [-0.25, -0.2) is 4.98 Å². The molecule has 1 amide bonds. The van der Waals surface area contributed by atoms with E-state index in [1.807, 2.05) is 24.3 Å². The molecule has 1 fully saturated rings. The highest BCUT2D eigenvalue weighted by Crippen LogP contribution is 2.17. The highest BCUT2D eigenvalue weighted by molar-refractivity contribution is 7.09. The predicted octanol–water partition coefficient (Wildman–Crippen LogP) is 1.79. The van der Waals surface area contributed by atoms with Crippen LogP contribution in [0, 0.1) is 0 Å². The normalized spacial score (nSPS) is 14.8. The van der Waals surface area contributed by atoms with Gasteiger partial charge in [-0.05, 0) is 24.3 Å². The summed E-state index contributed by atoms with van der Waals surface area (Å²) >= 11 is 1.51. The van der Waals surface area contributed by atoms with Crippen molar-refractivity contribution in [3.8, 4) is 11.5 Å². The first-order chi connectivity index (χ1) is 12.7. The van der Waals surface area contributed by atoms with Crippen LogP contribution >= 0.6 is 11.3 Å². The van der Waals surface area contributed by atoms with Crippen LogP contribution in [0.1, 0.15) is 15.5 Å². The first-order valence-electron chi connectivity index (χ1n) is 8.54. The van der Waals surface area contributed by atoms with Crippen LogP contribution in [0.4, 0.5) is 0 Å². The fourth-order valence-corrected chi connectivity index (χ4v) is 3.35. The molecule has 0 atom stereocenters. The number of hydrogen-bond donors (Lipinski definition) is 1. The van der Waals surface area contributed by atoms with Crippen LogP contribution in [-0.2, 0) is 11.3 Å². The van der Waals surface area contributed by atoms with E-state index < -0.39 is 0 Å². The van der Waals surface area contributed by atoms with E-state index in [4.69, 9.17) is 14.2 Å². The van der Waals surface area contributed by atoms with E-state index in [1.165, 1.54) is 11.3 Å². The third kappa shape index (κ3) is 5.42. The smallest absolute Gasteiger partial charge is 0.270 e. The van der Waals surface area contributed by atoms with Gasteiger partial charge in [0.2, 0.25) is 0 Å². The Bertz CT molecular complexity index is 699. The lowest BCUT2D eigenvalue weighted by Gasteiger charge is -2.25. The van der Waals surface area contributed by atoms with E-state index in [2.05, 4.69) is 15.2 Å². The maximum atomic E-state index is 12.2. The van der Waals surface area contributed by atoms with E-state index in [-0.39, 0.29) is 5.91 Å². The van der Waals surface area contributed by atoms with E-state index in [9.17, 15) is 4.79 Å². The molecular formula is C18H23N3O4S. The van der Waals surface area contributed by atoms with Crippen molar-refractivity contribution in [1.29, 1.82) is 0 Å². The summed E-state index contributed by atoms with van der Waals surface area (Å²) in [6.07, 6.45) is 0. The largest absolute Gasteiger partial charge is 0.497 e. The average Bonchev–Trinajstić information content (AvgIpc) is 3.15. The van der Waals surface area contributed by atoms with Gasteiger partial charge in [0.05, 0.1) is 33.4 Å². The average molecular weight is 377 g/mol. The van der Waals surface area contributed by atoms with Gasteiger partial charge in [0.25, 0.3) is 5.91 Å². The summed E-state index contributed by atoms with van der Waals surface area (Å²) in [6.45, 7) is 4.90. The molecule has 1 aliphatic rings. The fourth-order valence-electron chi connectivity index (χ4n) is 2.53. The zero-order valence-corrected chi connectivity index (χ0v) is 15.6. The van der Waals surface area contributed by atoms with Gasteiger partial charge in [0.15, 0.2) is 0 Å². The van der Waals surface area contributed by atoms with Gasteiger partial charge < -0.3 is 19.5 Å². The SMILES string of the molecule is COc1ccc(OCCNC(=O)c2csc(CN3CCOCC3)n2)cc1. The van der Waals surface area contributed by atoms with Gasteiger partial charge in [-0.2, -0.15) is 0 Å². The summed E-state index contributed by atoms with van der Waals surface area (Å²) in [5, 5.41) is 5.58. The molecule has 3 rings (SSSR count). The summed E-state index contributed by atoms with van der Waals surface area (Å²) in [6, 6.07) is 7.33. The lowest BCUT2D eigenvalue weighted by molar-refractivity contribution is 0.0341. The summed E-state index contributed by atoms with van der Waals surface area (Å²) in [7, 11) is 1.62. The topological polar surface area (TPSA) is 72.9 Å². The van der Waals surface area contributed by atoms with Crippen LogP contribution in [0.3, 0.4) is 0 Å². The second-order valence-electron chi connectivity index (χ2n) is 5.79. The Morgan fingerprint density at radius 1 is 1.27 bits per heavy atom. The minimum absolute atomic E-state index is 0.173. The van der Waals surface area contributed by atoms with Crippen LogP contribution in [-0.4, -0.2) is 62.4 Å². The second kappa shape index (κ2) is 9.51. The van der Waals surface area contributed by atoms with Crippen LogP contribution in [0.2, 0.25) is 0 Å². The molecule has 2 aromatic rings. The molecule has 0 unspecified atom stereocenters. The molecule has 0 spiro atoms. The molecule has 140 valence electrons. The Kier molecular flexibility index (Phi) is 6.82. The van der Waals surface area contributed by atoms with Crippen molar-refractivity contribution >= 4 is 17.2 Å². The Hall–Kier alpha value is -2.16. The van der Waals surface area contributed by atoms with Crippen molar-refractivity contribution in [1.82, 2.24) is 15.2 Å². The molecule has 1 aromatic heterocycles. The van der Waals surface area contributed by atoms with Crippen molar-refractivity contribution in [3.05, 3.63) is 40.3 Å². The number of benzene rings is 1. The summed E-state index contributed by atoms with van der Waals surface area (Å²) in [5.41, 5.74) is 0.461. The maximum absolute atomic E-state index is 12.2. The minimum atomic E-state index is -0.173. The third-order valence-corrected chi connectivity index (χ3v) is 4.80. The van der Waals surface area contributed by atoms with Crippen LogP contribution in [0.15, 0.2) is 29.6 Å². The molecule has 1 N–H and O–H groups in total. The van der Waals surface area contributed by atoms with Gasteiger partial charge in [-0.3, -0.25) is 9.69 Å². The quantitative estimate of drug-likeness (QED) is 0.707. The van der Waals surface area contributed by atoms with Crippen molar-refractivity contribution in [2.75, 3.05) is 46.6 Å². The number of morpholine rings is 1. The molecule has 0 bridgehead atoms. The lowest BCUT2D eigenvalue weighted by Crippen LogP contribution is -2.35. The van der Waals surface area contributed by atoms with Crippen molar-refractivity contribution in [3.63, 3.8) is 0 Å². The van der Waals surface area contributed by atoms with E-state index >= 15 is 0 Å². The van der Waals surface area contributed by atoms with Crippen molar-refractivity contribution in [2.45, 2.75) is 6.54 Å². The number of nitrogens with one attached hydrogen (secondary N) is 1. The summed E-state index contributed by atoms with van der Waals surface area (Å²) in [4.78, 5) is 18.9. The molecule has 26 heavy (non-hydrogen) atoms. The van der Waals surface area contributed by atoms with Crippen LogP contribution in [0.25, 0.3) is 0 Å². The number of rotatable bonds is 8. The molecule has 0 aliphatic carbocycles. The van der Waals surface area contributed by atoms with Crippen molar-refractivity contribution in [2.24, 2.45) is 0 Å². The second-order valence-corrected chi connectivity index (χ2v) is 6.74. The molecular weight excluding hydrogens is 354 g/mol. The van der Waals surface area contributed by atoms with Crippen LogP contribution in [0.5, 0.6) is 11.5 Å². The first kappa shape index (κ1) is 18.6. The predicted molar refractivity (Wildman–Crippen MR) is 99.0 cm³/mol. The van der Waals surface area contributed by atoms with E-state index in [1.54, 1.807) is 12.5 Å².